The quantitative estimate of drug-likeness (QED) is 0.617. The van der Waals surface area contributed by atoms with Gasteiger partial charge in [0.1, 0.15) is 22.9 Å². The Morgan fingerprint density at radius 1 is 1.22 bits per heavy atom. The summed E-state index contributed by atoms with van der Waals surface area (Å²) in [6.45, 7) is 1.87. The zero-order valence-corrected chi connectivity index (χ0v) is 12.7. The molecule has 0 saturated carbocycles. The van der Waals surface area contributed by atoms with E-state index < -0.39 is 0 Å². The Morgan fingerprint density at radius 2 is 2.09 bits per heavy atom. The van der Waals surface area contributed by atoms with Gasteiger partial charge in [-0.1, -0.05) is 0 Å². The molecule has 0 aliphatic rings. The van der Waals surface area contributed by atoms with Crippen LogP contribution >= 0.6 is 0 Å². The second kappa shape index (κ2) is 5.01. The van der Waals surface area contributed by atoms with Crippen molar-refractivity contribution >= 4 is 11.2 Å². The van der Waals surface area contributed by atoms with Crippen LogP contribution in [0.1, 0.15) is 5.56 Å². The number of hydrogen-bond donors (Lipinski definition) is 1. The Hall–Kier alpha value is -3.02. The summed E-state index contributed by atoms with van der Waals surface area (Å²) in [5, 5.41) is 4.51. The van der Waals surface area contributed by atoms with E-state index in [4.69, 9.17) is 0 Å². The normalized spacial score (nSPS) is 11.3. The smallest absolute Gasteiger partial charge is 0.177 e. The van der Waals surface area contributed by atoms with Crippen LogP contribution in [0.5, 0.6) is 0 Å². The van der Waals surface area contributed by atoms with Crippen LogP contribution in [-0.2, 0) is 7.05 Å². The highest BCUT2D eigenvalue weighted by atomic mass is 19.1. The van der Waals surface area contributed by atoms with Crippen LogP contribution < -0.4 is 0 Å². The van der Waals surface area contributed by atoms with Gasteiger partial charge >= 0.3 is 0 Å². The molecule has 0 atom stereocenters. The minimum absolute atomic E-state index is 0.250. The van der Waals surface area contributed by atoms with Crippen molar-refractivity contribution in [3.05, 3.63) is 54.1 Å². The Labute approximate surface area is 131 Å². The summed E-state index contributed by atoms with van der Waals surface area (Å²) in [6, 6.07) is 8.51. The Kier molecular flexibility index (Phi) is 2.97. The van der Waals surface area contributed by atoms with Gasteiger partial charge in [-0.05, 0) is 42.8 Å². The lowest BCUT2D eigenvalue weighted by molar-refractivity contribution is 0.627. The molecule has 1 aromatic carbocycles. The number of hydrogen-bond acceptors (Lipinski definition) is 3. The number of nitrogens with one attached hydrogen (secondary N) is 1. The first-order valence-corrected chi connectivity index (χ1v) is 7.23. The predicted molar refractivity (Wildman–Crippen MR) is 86.2 cm³/mol. The molecule has 0 radical (unpaired) electrons. The maximum Gasteiger partial charge on any atom is 0.177 e. The van der Waals surface area contributed by atoms with E-state index in [1.165, 1.54) is 12.1 Å². The number of aromatic amines is 1. The van der Waals surface area contributed by atoms with Crippen molar-refractivity contribution in [3.8, 4) is 22.6 Å². The summed E-state index contributed by atoms with van der Waals surface area (Å²) >= 11 is 0. The molecule has 5 nitrogen and oxygen atoms in total. The second-order valence-corrected chi connectivity index (χ2v) is 5.46. The molecule has 0 spiro atoms. The molecule has 0 saturated heterocycles. The third-order valence-electron chi connectivity index (χ3n) is 3.86. The minimum Gasteiger partial charge on any atom is -0.335 e. The molecule has 0 aliphatic carbocycles. The summed E-state index contributed by atoms with van der Waals surface area (Å²) in [5.74, 6) is 0.454. The molecule has 3 aromatic heterocycles. The van der Waals surface area contributed by atoms with Gasteiger partial charge in [0.05, 0.1) is 0 Å². The van der Waals surface area contributed by atoms with Crippen molar-refractivity contribution in [2.75, 3.05) is 0 Å². The number of nitrogens with zero attached hydrogens (tertiary/aromatic N) is 4. The number of rotatable bonds is 2. The number of aryl methyl sites for hydroxylation is 2. The van der Waals surface area contributed by atoms with E-state index >= 15 is 0 Å². The third-order valence-corrected chi connectivity index (χ3v) is 3.86. The van der Waals surface area contributed by atoms with Crippen LogP contribution in [0, 0.1) is 12.7 Å². The van der Waals surface area contributed by atoms with Crippen LogP contribution in [0.4, 0.5) is 4.39 Å². The lowest BCUT2D eigenvalue weighted by Crippen LogP contribution is -1.93. The van der Waals surface area contributed by atoms with E-state index in [1.54, 1.807) is 23.1 Å². The van der Waals surface area contributed by atoms with Crippen molar-refractivity contribution in [3.63, 3.8) is 0 Å². The van der Waals surface area contributed by atoms with Crippen LogP contribution in [0.25, 0.3) is 33.8 Å². The molecule has 6 heteroatoms. The fraction of sp³-hybridized carbons (Fsp3) is 0.118. The van der Waals surface area contributed by atoms with Gasteiger partial charge in [-0.3, -0.25) is 4.98 Å². The lowest BCUT2D eigenvalue weighted by Gasteiger charge is -2.02. The zero-order valence-electron chi connectivity index (χ0n) is 12.7. The van der Waals surface area contributed by atoms with Gasteiger partial charge in [0.15, 0.2) is 5.65 Å². The molecule has 0 amide bonds. The molecule has 0 bridgehead atoms. The number of H-pyrrole nitrogens is 1. The SMILES string of the molecule is Cc1cc(F)ccc1-c1nc2c([nH]1)c(-c1cccnc1)nn2C. The number of imidazole rings is 1. The Balaban J connectivity index is 1.92. The van der Waals surface area contributed by atoms with Gasteiger partial charge in [0.2, 0.25) is 0 Å². The predicted octanol–water partition coefficient (Wildman–Crippen LogP) is 3.47. The van der Waals surface area contributed by atoms with Crippen molar-refractivity contribution < 1.29 is 4.39 Å². The molecule has 1 N–H and O–H groups in total. The highest BCUT2D eigenvalue weighted by molar-refractivity contribution is 5.90. The largest absolute Gasteiger partial charge is 0.335 e. The molecule has 23 heavy (non-hydrogen) atoms. The van der Waals surface area contributed by atoms with Gasteiger partial charge < -0.3 is 4.98 Å². The van der Waals surface area contributed by atoms with Gasteiger partial charge in [0, 0.05) is 30.6 Å². The number of fused-ring (bicyclic) bond motifs is 1. The summed E-state index contributed by atoms with van der Waals surface area (Å²) in [7, 11) is 1.85. The maximum absolute atomic E-state index is 13.3. The van der Waals surface area contributed by atoms with E-state index in [-0.39, 0.29) is 5.82 Å². The van der Waals surface area contributed by atoms with E-state index in [1.807, 2.05) is 26.1 Å². The lowest BCUT2D eigenvalue weighted by atomic mass is 10.1. The first-order chi connectivity index (χ1) is 11.1. The molecule has 4 aromatic rings. The minimum atomic E-state index is -0.250. The fourth-order valence-corrected chi connectivity index (χ4v) is 2.74. The van der Waals surface area contributed by atoms with Gasteiger partial charge in [0.25, 0.3) is 0 Å². The monoisotopic (exact) mass is 307 g/mol. The summed E-state index contributed by atoms with van der Waals surface area (Å²) in [5.41, 5.74) is 5.03. The van der Waals surface area contributed by atoms with Crippen LogP contribution in [0.15, 0.2) is 42.7 Å². The van der Waals surface area contributed by atoms with Crippen LogP contribution in [0.3, 0.4) is 0 Å². The maximum atomic E-state index is 13.3. The van der Waals surface area contributed by atoms with Crippen molar-refractivity contribution in [1.29, 1.82) is 0 Å². The van der Waals surface area contributed by atoms with E-state index in [0.717, 1.165) is 33.5 Å². The zero-order chi connectivity index (χ0) is 16.0. The van der Waals surface area contributed by atoms with Crippen molar-refractivity contribution in [1.82, 2.24) is 24.7 Å². The molecule has 0 fully saturated rings. The average molecular weight is 307 g/mol. The fourth-order valence-electron chi connectivity index (χ4n) is 2.74. The van der Waals surface area contributed by atoms with Gasteiger partial charge in [-0.2, -0.15) is 5.10 Å². The highest BCUT2D eigenvalue weighted by Gasteiger charge is 2.17. The van der Waals surface area contributed by atoms with E-state index in [9.17, 15) is 4.39 Å². The first-order valence-electron chi connectivity index (χ1n) is 7.23. The van der Waals surface area contributed by atoms with Crippen molar-refractivity contribution in [2.24, 2.45) is 7.05 Å². The van der Waals surface area contributed by atoms with Crippen LogP contribution in [0.2, 0.25) is 0 Å². The average Bonchev–Trinajstić information content (AvgIpc) is 3.09. The number of benzene rings is 1. The topological polar surface area (TPSA) is 59.4 Å². The standard InChI is InChI=1S/C17H14FN5/c1-10-8-12(18)5-6-13(10)16-20-15-14(11-4-3-7-19-9-11)22-23(2)17(15)21-16/h3-9H,1-2H3,(H,20,21). The molecule has 0 unspecified atom stereocenters. The van der Waals surface area contributed by atoms with E-state index in [2.05, 4.69) is 20.1 Å². The summed E-state index contributed by atoms with van der Waals surface area (Å²) in [6.07, 6.45) is 3.50. The molecule has 3 heterocycles. The number of pyridine rings is 1. The molecular weight excluding hydrogens is 293 g/mol. The second-order valence-electron chi connectivity index (χ2n) is 5.46. The van der Waals surface area contributed by atoms with Gasteiger partial charge in [-0.15, -0.1) is 0 Å². The van der Waals surface area contributed by atoms with Crippen molar-refractivity contribution in [2.45, 2.75) is 6.92 Å². The Bertz CT molecular complexity index is 1000. The molecule has 0 aliphatic heterocycles. The van der Waals surface area contributed by atoms with Gasteiger partial charge in [-0.25, -0.2) is 14.1 Å². The van der Waals surface area contributed by atoms with E-state index in [0.29, 0.717) is 5.82 Å². The molecule has 4 rings (SSSR count). The van der Waals surface area contributed by atoms with Crippen LogP contribution in [-0.4, -0.2) is 24.7 Å². The summed E-state index contributed by atoms with van der Waals surface area (Å²) < 4.78 is 15.0. The highest BCUT2D eigenvalue weighted by Crippen LogP contribution is 2.29. The number of aromatic nitrogens is 5. The Morgan fingerprint density at radius 3 is 2.83 bits per heavy atom. The first kappa shape index (κ1) is 13.6. The number of halogens is 1. The summed E-state index contributed by atoms with van der Waals surface area (Å²) in [4.78, 5) is 12.1. The molecular formula is C17H14FN5. The third kappa shape index (κ3) is 2.19. The molecule has 114 valence electrons.